The molecule has 2 heterocycles. The molecule has 0 fully saturated rings. The fraction of sp³-hybridized carbons (Fsp3) is 0.385. The van der Waals surface area contributed by atoms with Gasteiger partial charge in [0.25, 0.3) is 5.91 Å². The molecule has 19 heavy (non-hydrogen) atoms. The van der Waals surface area contributed by atoms with Gasteiger partial charge in [0, 0.05) is 31.8 Å². The molecule has 0 aromatic carbocycles. The number of anilines is 1. The molecule has 2 aromatic rings. The molecule has 6 nitrogen and oxygen atoms in total. The van der Waals surface area contributed by atoms with Crippen LogP contribution in [0.2, 0.25) is 0 Å². The first-order valence-electron chi connectivity index (χ1n) is 5.99. The Morgan fingerprint density at radius 3 is 2.32 bits per heavy atom. The van der Waals surface area contributed by atoms with Crippen molar-refractivity contribution in [2.75, 3.05) is 5.32 Å². The second kappa shape index (κ2) is 4.79. The average molecular weight is 259 g/mol. The number of carbonyl (C=O) groups is 1. The molecule has 1 N–H and O–H groups in total. The van der Waals surface area contributed by atoms with Crippen LogP contribution in [0.3, 0.4) is 0 Å². The van der Waals surface area contributed by atoms with Crippen LogP contribution in [0, 0.1) is 0 Å². The zero-order valence-corrected chi connectivity index (χ0v) is 11.5. The van der Waals surface area contributed by atoms with Crippen molar-refractivity contribution in [1.29, 1.82) is 0 Å². The van der Waals surface area contributed by atoms with Gasteiger partial charge in [-0.25, -0.2) is 15.0 Å². The van der Waals surface area contributed by atoms with Gasteiger partial charge in [-0.15, -0.1) is 0 Å². The molecule has 0 spiro atoms. The molecule has 0 aliphatic heterocycles. The van der Waals surface area contributed by atoms with E-state index in [1.807, 2.05) is 0 Å². The van der Waals surface area contributed by atoms with E-state index in [1.54, 1.807) is 36.4 Å². The first-order valence-corrected chi connectivity index (χ1v) is 5.99. The van der Waals surface area contributed by atoms with E-state index >= 15 is 0 Å². The van der Waals surface area contributed by atoms with Crippen molar-refractivity contribution < 1.29 is 4.79 Å². The van der Waals surface area contributed by atoms with Crippen molar-refractivity contribution in [1.82, 2.24) is 19.5 Å². The van der Waals surface area contributed by atoms with Gasteiger partial charge >= 0.3 is 0 Å². The maximum atomic E-state index is 11.9. The Bertz CT molecular complexity index is 580. The summed E-state index contributed by atoms with van der Waals surface area (Å²) >= 11 is 0. The number of carbonyl (C=O) groups excluding carboxylic acids is 1. The number of amides is 1. The Kier molecular flexibility index (Phi) is 3.33. The van der Waals surface area contributed by atoms with Gasteiger partial charge in [-0.1, -0.05) is 20.8 Å². The first-order chi connectivity index (χ1) is 8.88. The second-order valence-corrected chi connectivity index (χ2v) is 5.36. The molecule has 0 aliphatic carbocycles. The smallest absolute Gasteiger partial charge is 0.295 e. The maximum Gasteiger partial charge on any atom is 0.295 e. The molecule has 2 rings (SSSR count). The maximum absolute atomic E-state index is 11.9. The van der Waals surface area contributed by atoms with Crippen LogP contribution in [0.25, 0.3) is 0 Å². The van der Waals surface area contributed by atoms with E-state index in [2.05, 4.69) is 41.0 Å². The normalized spacial score (nSPS) is 11.4. The topological polar surface area (TPSA) is 72.7 Å². The van der Waals surface area contributed by atoms with E-state index in [1.165, 1.54) is 0 Å². The third-order valence-corrected chi connectivity index (χ3v) is 2.77. The van der Waals surface area contributed by atoms with E-state index < -0.39 is 0 Å². The molecule has 0 unspecified atom stereocenters. The lowest BCUT2D eigenvalue weighted by Crippen LogP contribution is -2.19. The number of nitrogens with one attached hydrogen (secondary N) is 1. The zero-order valence-electron chi connectivity index (χ0n) is 11.5. The van der Waals surface area contributed by atoms with E-state index in [-0.39, 0.29) is 17.1 Å². The van der Waals surface area contributed by atoms with Gasteiger partial charge in [-0.3, -0.25) is 10.1 Å². The first kappa shape index (κ1) is 13.2. The molecule has 0 radical (unpaired) electrons. The van der Waals surface area contributed by atoms with Crippen LogP contribution in [0.1, 0.15) is 37.0 Å². The highest BCUT2D eigenvalue weighted by atomic mass is 16.2. The van der Waals surface area contributed by atoms with Crippen LogP contribution in [-0.2, 0) is 12.5 Å². The van der Waals surface area contributed by atoms with Crippen LogP contribution in [-0.4, -0.2) is 25.4 Å². The van der Waals surface area contributed by atoms with Crippen molar-refractivity contribution in [2.24, 2.45) is 7.05 Å². The van der Waals surface area contributed by atoms with E-state index in [9.17, 15) is 4.79 Å². The van der Waals surface area contributed by atoms with Crippen molar-refractivity contribution in [3.63, 3.8) is 0 Å². The minimum Gasteiger partial charge on any atom is -0.320 e. The highest BCUT2D eigenvalue weighted by Crippen LogP contribution is 2.20. The summed E-state index contributed by atoms with van der Waals surface area (Å²) in [5.41, 5.74) is 0.954. The molecule has 0 saturated carbocycles. The molecule has 1 amide bonds. The standard InChI is InChI=1S/C13H17N5O/c1-13(2,3)9-7-15-10(16-8-9)11(19)17-12-14-5-6-18(12)4/h5-8H,1-4H3,(H,14,17,19). The van der Waals surface area contributed by atoms with Crippen molar-refractivity contribution in [3.8, 4) is 0 Å². The van der Waals surface area contributed by atoms with E-state index in [4.69, 9.17) is 0 Å². The second-order valence-electron chi connectivity index (χ2n) is 5.36. The van der Waals surface area contributed by atoms with Crippen molar-refractivity contribution in [2.45, 2.75) is 26.2 Å². The number of rotatable bonds is 2. The number of imidazole rings is 1. The molecule has 0 aliphatic rings. The Morgan fingerprint density at radius 2 is 1.84 bits per heavy atom. The van der Waals surface area contributed by atoms with Gasteiger partial charge in [-0.2, -0.15) is 0 Å². The monoisotopic (exact) mass is 259 g/mol. The largest absolute Gasteiger partial charge is 0.320 e. The van der Waals surface area contributed by atoms with Gasteiger partial charge < -0.3 is 4.57 Å². The predicted molar refractivity (Wildman–Crippen MR) is 71.9 cm³/mol. The Balaban J connectivity index is 2.14. The highest BCUT2D eigenvalue weighted by Gasteiger charge is 2.17. The lowest BCUT2D eigenvalue weighted by molar-refractivity contribution is 0.101. The predicted octanol–water partition coefficient (Wildman–Crippen LogP) is 1.76. The summed E-state index contributed by atoms with van der Waals surface area (Å²) in [6, 6.07) is 0. The summed E-state index contributed by atoms with van der Waals surface area (Å²) < 4.78 is 1.71. The zero-order chi connectivity index (χ0) is 14.0. The van der Waals surface area contributed by atoms with Crippen LogP contribution in [0.4, 0.5) is 5.95 Å². The molecular weight excluding hydrogens is 242 g/mol. The minimum atomic E-state index is -0.366. The van der Waals surface area contributed by atoms with Gasteiger partial charge in [0.1, 0.15) is 0 Å². The Labute approximate surface area is 111 Å². The molecule has 100 valence electrons. The van der Waals surface area contributed by atoms with Gasteiger partial charge in [0.2, 0.25) is 11.8 Å². The van der Waals surface area contributed by atoms with Gasteiger partial charge in [-0.05, 0) is 11.0 Å². The third kappa shape index (κ3) is 2.96. The van der Waals surface area contributed by atoms with Crippen LogP contribution < -0.4 is 5.32 Å². The number of hydrogen-bond donors (Lipinski definition) is 1. The number of aromatic nitrogens is 4. The molecule has 6 heteroatoms. The summed E-state index contributed by atoms with van der Waals surface area (Å²) in [6.45, 7) is 6.21. The fourth-order valence-corrected chi connectivity index (χ4v) is 1.48. The number of nitrogens with zero attached hydrogens (tertiary/aromatic N) is 4. The summed E-state index contributed by atoms with van der Waals surface area (Å²) in [4.78, 5) is 24.1. The number of aryl methyl sites for hydroxylation is 1. The van der Waals surface area contributed by atoms with E-state index in [0.29, 0.717) is 5.95 Å². The molecular formula is C13H17N5O. The van der Waals surface area contributed by atoms with Gasteiger partial charge in [0.15, 0.2) is 0 Å². The summed E-state index contributed by atoms with van der Waals surface area (Å²) in [6.07, 6.45) is 6.72. The highest BCUT2D eigenvalue weighted by molar-refractivity contribution is 6.00. The van der Waals surface area contributed by atoms with Crippen LogP contribution >= 0.6 is 0 Å². The number of hydrogen-bond acceptors (Lipinski definition) is 4. The van der Waals surface area contributed by atoms with Crippen LogP contribution in [0.5, 0.6) is 0 Å². The SMILES string of the molecule is Cn1ccnc1NC(=O)c1ncc(C(C)(C)C)cn1. The Morgan fingerprint density at radius 1 is 1.21 bits per heavy atom. The molecule has 0 atom stereocenters. The molecule has 2 aromatic heterocycles. The van der Waals surface area contributed by atoms with E-state index in [0.717, 1.165) is 5.56 Å². The molecule has 0 bridgehead atoms. The minimum absolute atomic E-state index is 0.0331. The fourth-order valence-electron chi connectivity index (χ4n) is 1.48. The molecule has 0 saturated heterocycles. The quantitative estimate of drug-likeness (QED) is 0.892. The lowest BCUT2D eigenvalue weighted by Gasteiger charge is -2.17. The van der Waals surface area contributed by atoms with Crippen molar-refractivity contribution in [3.05, 3.63) is 36.2 Å². The van der Waals surface area contributed by atoms with Gasteiger partial charge in [0.05, 0.1) is 0 Å². The summed E-state index contributed by atoms with van der Waals surface area (Å²) in [5.74, 6) is 0.235. The Hall–Kier alpha value is -2.24. The van der Waals surface area contributed by atoms with Crippen molar-refractivity contribution >= 4 is 11.9 Å². The van der Waals surface area contributed by atoms with Crippen LogP contribution in [0.15, 0.2) is 24.8 Å². The summed E-state index contributed by atoms with van der Waals surface area (Å²) in [7, 11) is 1.80. The average Bonchev–Trinajstić information content (AvgIpc) is 2.74. The third-order valence-electron chi connectivity index (χ3n) is 2.77. The lowest BCUT2D eigenvalue weighted by atomic mass is 9.89. The summed E-state index contributed by atoms with van der Waals surface area (Å²) in [5, 5.41) is 2.65.